The molecule has 0 aromatic heterocycles. The van der Waals surface area contributed by atoms with Gasteiger partial charge in [-0.15, -0.1) is 0 Å². The lowest BCUT2D eigenvalue weighted by Crippen LogP contribution is -2.50. The lowest BCUT2D eigenvalue weighted by Gasteiger charge is -2.23. The standard InChI is InChI=1S/C7H13F3N4O3S/c8-7(9,10)4-12-18(16,17)14-3-1-2-5(14)6(11)13-15/h5,12,15H,1-4H2,(H2,11,13). The predicted octanol–water partition coefficient (Wildman–Crippen LogP) is -0.406. The van der Waals surface area contributed by atoms with Crippen LogP contribution in [-0.4, -0.2) is 49.1 Å². The van der Waals surface area contributed by atoms with Crippen molar-refractivity contribution in [3.05, 3.63) is 0 Å². The van der Waals surface area contributed by atoms with Gasteiger partial charge in [-0.3, -0.25) is 0 Å². The van der Waals surface area contributed by atoms with E-state index in [0.29, 0.717) is 12.8 Å². The maximum atomic E-state index is 12.0. The van der Waals surface area contributed by atoms with Crippen molar-refractivity contribution >= 4 is 16.0 Å². The van der Waals surface area contributed by atoms with Crippen molar-refractivity contribution in [3.8, 4) is 0 Å². The van der Waals surface area contributed by atoms with Crippen LogP contribution >= 0.6 is 0 Å². The number of alkyl halides is 3. The maximum Gasteiger partial charge on any atom is 0.402 e. The lowest BCUT2D eigenvalue weighted by atomic mass is 10.2. The molecule has 1 heterocycles. The first kappa shape index (κ1) is 15.0. The van der Waals surface area contributed by atoms with Gasteiger partial charge >= 0.3 is 6.18 Å². The average Bonchev–Trinajstić information content (AvgIpc) is 2.74. The Balaban J connectivity index is 2.78. The number of rotatable bonds is 4. The average molecular weight is 290 g/mol. The molecule has 0 aromatic carbocycles. The zero-order chi connectivity index (χ0) is 14.0. The molecule has 1 fully saturated rings. The minimum Gasteiger partial charge on any atom is -0.409 e. The minimum absolute atomic E-state index is 0.0219. The monoisotopic (exact) mass is 290 g/mol. The van der Waals surface area contributed by atoms with Crippen LogP contribution in [0.25, 0.3) is 0 Å². The van der Waals surface area contributed by atoms with Gasteiger partial charge in [0.05, 0.1) is 6.04 Å². The number of amidine groups is 1. The summed E-state index contributed by atoms with van der Waals surface area (Å²) in [6, 6.07) is -0.916. The van der Waals surface area contributed by atoms with Crippen molar-refractivity contribution < 1.29 is 26.8 Å². The van der Waals surface area contributed by atoms with Crippen LogP contribution in [0.3, 0.4) is 0 Å². The second-order valence-corrected chi connectivity index (χ2v) is 5.44. The quantitative estimate of drug-likeness (QED) is 0.283. The Morgan fingerprint density at radius 3 is 2.67 bits per heavy atom. The summed E-state index contributed by atoms with van der Waals surface area (Å²) in [6.45, 7) is -1.64. The van der Waals surface area contributed by atoms with E-state index >= 15 is 0 Å². The summed E-state index contributed by atoms with van der Waals surface area (Å²) in [4.78, 5) is 0. The molecular formula is C7H13F3N4O3S. The molecule has 4 N–H and O–H groups in total. The largest absolute Gasteiger partial charge is 0.409 e. The molecule has 0 aromatic rings. The first-order valence-corrected chi connectivity index (χ1v) is 6.42. The summed E-state index contributed by atoms with van der Waals surface area (Å²) < 4.78 is 61.3. The third-order valence-electron chi connectivity index (χ3n) is 2.42. The van der Waals surface area contributed by atoms with Crippen LogP contribution < -0.4 is 10.5 Å². The highest BCUT2D eigenvalue weighted by molar-refractivity contribution is 7.87. The van der Waals surface area contributed by atoms with E-state index in [-0.39, 0.29) is 12.4 Å². The topological polar surface area (TPSA) is 108 Å². The smallest absolute Gasteiger partial charge is 0.402 e. The fraction of sp³-hybridized carbons (Fsp3) is 0.857. The molecule has 1 atom stereocenters. The molecule has 11 heteroatoms. The Morgan fingerprint density at radius 1 is 1.56 bits per heavy atom. The fourth-order valence-corrected chi connectivity index (χ4v) is 3.08. The van der Waals surface area contributed by atoms with Gasteiger partial charge in [0, 0.05) is 6.54 Å². The summed E-state index contributed by atoms with van der Waals surface area (Å²) in [6.07, 6.45) is -3.92. The van der Waals surface area contributed by atoms with E-state index in [1.165, 1.54) is 4.72 Å². The number of nitrogens with two attached hydrogens (primary N) is 1. The molecule has 106 valence electrons. The van der Waals surface area contributed by atoms with Crippen LogP contribution in [0.4, 0.5) is 13.2 Å². The summed E-state index contributed by atoms with van der Waals surface area (Å²) in [5.74, 6) is -0.343. The van der Waals surface area contributed by atoms with Crippen LogP contribution in [0, 0.1) is 0 Å². The van der Waals surface area contributed by atoms with Crippen molar-refractivity contribution in [2.75, 3.05) is 13.1 Å². The van der Waals surface area contributed by atoms with Crippen LogP contribution in [0.5, 0.6) is 0 Å². The number of hydrogen-bond donors (Lipinski definition) is 3. The Kier molecular flexibility index (Phi) is 4.40. The Morgan fingerprint density at radius 2 is 2.17 bits per heavy atom. The van der Waals surface area contributed by atoms with E-state index < -0.39 is 29.0 Å². The van der Waals surface area contributed by atoms with E-state index in [0.717, 1.165) is 4.31 Å². The van der Waals surface area contributed by atoms with E-state index in [9.17, 15) is 21.6 Å². The van der Waals surface area contributed by atoms with Crippen molar-refractivity contribution in [3.63, 3.8) is 0 Å². The third kappa shape index (κ3) is 3.71. The zero-order valence-corrected chi connectivity index (χ0v) is 10.00. The summed E-state index contributed by atoms with van der Waals surface area (Å²) >= 11 is 0. The minimum atomic E-state index is -4.64. The van der Waals surface area contributed by atoms with Gasteiger partial charge in [-0.05, 0) is 12.8 Å². The predicted molar refractivity (Wildman–Crippen MR) is 56.1 cm³/mol. The SMILES string of the molecule is NC(=NO)C1CCCN1S(=O)(=O)NCC(F)(F)F. The summed E-state index contributed by atoms with van der Waals surface area (Å²) in [5, 5.41) is 11.2. The van der Waals surface area contributed by atoms with Crippen LogP contribution in [0.2, 0.25) is 0 Å². The Labute approximate surface area is 102 Å². The lowest BCUT2D eigenvalue weighted by molar-refractivity contribution is -0.121. The molecule has 7 nitrogen and oxygen atoms in total. The van der Waals surface area contributed by atoms with E-state index in [4.69, 9.17) is 10.9 Å². The molecule has 1 aliphatic rings. The van der Waals surface area contributed by atoms with Crippen molar-refractivity contribution in [1.29, 1.82) is 0 Å². The van der Waals surface area contributed by atoms with Gasteiger partial charge in [-0.1, -0.05) is 5.16 Å². The van der Waals surface area contributed by atoms with Crippen molar-refractivity contribution in [2.45, 2.75) is 25.1 Å². The van der Waals surface area contributed by atoms with Gasteiger partial charge < -0.3 is 10.9 Å². The number of oxime groups is 1. The van der Waals surface area contributed by atoms with Gasteiger partial charge in [0.2, 0.25) is 0 Å². The Bertz CT molecular complexity index is 422. The molecule has 0 amide bonds. The Hall–Kier alpha value is -1.07. The second-order valence-electron chi connectivity index (χ2n) is 3.73. The molecule has 1 aliphatic heterocycles. The molecule has 0 bridgehead atoms. The number of hydrogen-bond acceptors (Lipinski definition) is 4. The second kappa shape index (κ2) is 5.28. The maximum absolute atomic E-state index is 12.0. The molecule has 1 saturated heterocycles. The van der Waals surface area contributed by atoms with Gasteiger partial charge in [0.25, 0.3) is 10.2 Å². The number of nitrogens with zero attached hydrogens (tertiary/aromatic N) is 2. The molecule has 1 rings (SSSR count). The van der Waals surface area contributed by atoms with Gasteiger partial charge in [-0.25, -0.2) is 0 Å². The number of nitrogens with one attached hydrogen (secondary N) is 1. The summed E-state index contributed by atoms with van der Waals surface area (Å²) in [7, 11) is -4.31. The highest BCUT2D eigenvalue weighted by Gasteiger charge is 2.39. The molecular weight excluding hydrogens is 277 g/mol. The zero-order valence-electron chi connectivity index (χ0n) is 9.18. The molecule has 18 heavy (non-hydrogen) atoms. The van der Waals surface area contributed by atoms with E-state index in [1.807, 2.05) is 0 Å². The van der Waals surface area contributed by atoms with Gasteiger partial charge in [0.1, 0.15) is 6.54 Å². The van der Waals surface area contributed by atoms with Gasteiger partial charge in [0.15, 0.2) is 5.84 Å². The van der Waals surface area contributed by atoms with E-state index in [2.05, 4.69) is 5.16 Å². The first-order chi connectivity index (χ1) is 8.17. The van der Waals surface area contributed by atoms with Gasteiger partial charge in [-0.2, -0.15) is 30.6 Å². The van der Waals surface area contributed by atoms with E-state index in [1.54, 1.807) is 0 Å². The highest BCUT2D eigenvalue weighted by Crippen LogP contribution is 2.21. The first-order valence-electron chi connectivity index (χ1n) is 4.98. The molecule has 1 unspecified atom stereocenters. The van der Waals surface area contributed by atoms with Crippen molar-refractivity contribution in [1.82, 2.24) is 9.03 Å². The molecule has 0 spiro atoms. The fourth-order valence-electron chi connectivity index (χ4n) is 1.65. The number of halogens is 3. The normalized spacial score (nSPS) is 23.5. The van der Waals surface area contributed by atoms with Crippen LogP contribution in [0.1, 0.15) is 12.8 Å². The molecule has 0 saturated carbocycles. The van der Waals surface area contributed by atoms with Crippen LogP contribution in [-0.2, 0) is 10.2 Å². The van der Waals surface area contributed by atoms with Crippen LogP contribution in [0.15, 0.2) is 5.16 Å². The third-order valence-corrected chi connectivity index (χ3v) is 3.99. The summed E-state index contributed by atoms with van der Waals surface area (Å²) in [5.41, 5.74) is 5.29. The molecule has 0 aliphatic carbocycles. The van der Waals surface area contributed by atoms with Crippen molar-refractivity contribution in [2.24, 2.45) is 10.9 Å². The molecule has 0 radical (unpaired) electrons. The highest BCUT2D eigenvalue weighted by atomic mass is 32.2.